The van der Waals surface area contributed by atoms with Crippen LogP contribution < -0.4 is 4.74 Å². The van der Waals surface area contributed by atoms with Gasteiger partial charge in [-0.3, -0.25) is 9.69 Å². The van der Waals surface area contributed by atoms with E-state index >= 15 is 0 Å². The summed E-state index contributed by atoms with van der Waals surface area (Å²) in [7, 11) is 1.70. The number of carbonyl (C=O) groups is 1. The molecular formula is C31H38N2O2. The molecule has 0 bridgehead atoms. The van der Waals surface area contributed by atoms with Crippen molar-refractivity contribution in [3.8, 4) is 5.75 Å². The maximum atomic E-state index is 13.6. The van der Waals surface area contributed by atoms with E-state index in [0.717, 1.165) is 44.0 Å². The molecular weight excluding hydrogens is 432 g/mol. The molecule has 1 saturated heterocycles. The van der Waals surface area contributed by atoms with Crippen LogP contribution >= 0.6 is 0 Å². The van der Waals surface area contributed by atoms with Crippen molar-refractivity contribution in [3.05, 3.63) is 101 Å². The number of nitrogens with zero attached hydrogens (tertiary/aromatic N) is 2. The standard InChI is InChI=1S/C31H38N2O2/c1-23(2)18-33(31(34)27-14-10-24(3)11-15-27)21-28-20-32(19-25-12-16-29(35-4)17-13-25)22-30(28)26-8-6-5-7-9-26/h5-17,23,28,30H,18-22H2,1-4H3. The molecule has 184 valence electrons. The zero-order valence-corrected chi connectivity index (χ0v) is 21.5. The Labute approximate surface area is 210 Å². The fourth-order valence-electron chi connectivity index (χ4n) is 5.18. The van der Waals surface area contributed by atoms with Crippen molar-refractivity contribution >= 4 is 5.91 Å². The lowest BCUT2D eigenvalue weighted by Gasteiger charge is -2.30. The summed E-state index contributed by atoms with van der Waals surface area (Å²) >= 11 is 0. The number of amides is 1. The van der Waals surface area contributed by atoms with Crippen molar-refractivity contribution in [3.63, 3.8) is 0 Å². The van der Waals surface area contributed by atoms with Gasteiger partial charge in [-0.25, -0.2) is 0 Å². The highest BCUT2D eigenvalue weighted by Gasteiger charge is 2.36. The average Bonchev–Trinajstić information content (AvgIpc) is 3.26. The first kappa shape index (κ1) is 25.0. The summed E-state index contributed by atoms with van der Waals surface area (Å²) in [6.45, 7) is 10.8. The van der Waals surface area contributed by atoms with Gasteiger partial charge in [0.25, 0.3) is 5.91 Å². The SMILES string of the molecule is COc1ccc(CN2CC(CN(CC(C)C)C(=O)c3ccc(C)cc3)C(c3ccccc3)C2)cc1. The van der Waals surface area contributed by atoms with Crippen LogP contribution in [0.25, 0.3) is 0 Å². The average molecular weight is 471 g/mol. The van der Waals surface area contributed by atoms with Crippen molar-refractivity contribution < 1.29 is 9.53 Å². The van der Waals surface area contributed by atoms with Gasteiger partial charge in [-0.05, 0) is 54.2 Å². The van der Waals surface area contributed by atoms with Crippen LogP contribution in [-0.2, 0) is 6.54 Å². The van der Waals surface area contributed by atoms with Gasteiger partial charge in [0.1, 0.15) is 5.75 Å². The lowest BCUT2D eigenvalue weighted by molar-refractivity contribution is 0.0703. The fourth-order valence-corrected chi connectivity index (χ4v) is 5.18. The van der Waals surface area contributed by atoms with Gasteiger partial charge < -0.3 is 9.64 Å². The van der Waals surface area contributed by atoms with Crippen molar-refractivity contribution in [1.82, 2.24) is 9.80 Å². The number of ether oxygens (including phenoxy) is 1. The topological polar surface area (TPSA) is 32.8 Å². The Kier molecular flexibility index (Phi) is 8.25. The Bertz CT molecular complexity index is 1080. The fraction of sp³-hybridized carbons (Fsp3) is 0.387. The van der Waals surface area contributed by atoms with E-state index in [1.165, 1.54) is 16.7 Å². The highest BCUT2D eigenvalue weighted by atomic mass is 16.5. The molecule has 0 radical (unpaired) electrons. The number of hydrogen-bond acceptors (Lipinski definition) is 3. The van der Waals surface area contributed by atoms with Gasteiger partial charge in [0.05, 0.1) is 7.11 Å². The molecule has 0 saturated carbocycles. The summed E-state index contributed by atoms with van der Waals surface area (Å²) in [6, 6.07) is 27.1. The molecule has 35 heavy (non-hydrogen) atoms. The second kappa shape index (κ2) is 11.5. The monoisotopic (exact) mass is 470 g/mol. The van der Waals surface area contributed by atoms with Crippen molar-refractivity contribution in [1.29, 1.82) is 0 Å². The van der Waals surface area contributed by atoms with Crippen LogP contribution in [0.15, 0.2) is 78.9 Å². The van der Waals surface area contributed by atoms with Crippen LogP contribution in [0.5, 0.6) is 5.75 Å². The molecule has 1 aliphatic rings. The number of likely N-dealkylation sites (tertiary alicyclic amines) is 1. The summed E-state index contributed by atoms with van der Waals surface area (Å²) in [6.07, 6.45) is 0. The molecule has 4 heteroatoms. The van der Waals surface area contributed by atoms with E-state index in [0.29, 0.717) is 17.8 Å². The van der Waals surface area contributed by atoms with E-state index in [1.54, 1.807) is 7.11 Å². The predicted octanol–water partition coefficient (Wildman–Crippen LogP) is 6.02. The van der Waals surface area contributed by atoms with Crippen molar-refractivity contribution in [2.45, 2.75) is 33.2 Å². The molecule has 2 atom stereocenters. The van der Waals surface area contributed by atoms with Gasteiger partial charge in [0.2, 0.25) is 0 Å². The smallest absolute Gasteiger partial charge is 0.253 e. The van der Waals surface area contributed by atoms with Gasteiger partial charge in [-0.1, -0.05) is 74.0 Å². The van der Waals surface area contributed by atoms with Gasteiger partial charge in [-0.15, -0.1) is 0 Å². The van der Waals surface area contributed by atoms with E-state index in [1.807, 2.05) is 36.4 Å². The minimum Gasteiger partial charge on any atom is -0.497 e. The third-order valence-corrected chi connectivity index (χ3v) is 6.94. The van der Waals surface area contributed by atoms with Gasteiger partial charge in [0, 0.05) is 44.2 Å². The molecule has 0 aliphatic carbocycles. The largest absolute Gasteiger partial charge is 0.497 e. The number of hydrogen-bond donors (Lipinski definition) is 0. The zero-order chi connectivity index (χ0) is 24.8. The molecule has 0 N–H and O–H groups in total. The summed E-state index contributed by atoms with van der Waals surface area (Å²) in [4.78, 5) is 18.2. The Morgan fingerprint density at radius 3 is 2.29 bits per heavy atom. The first-order chi connectivity index (χ1) is 16.9. The summed E-state index contributed by atoms with van der Waals surface area (Å²) in [5.74, 6) is 2.21. The first-order valence-corrected chi connectivity index (χ1v) is 12.7. The highest BCUT2D eigenvalue weighted by Crippen LogP contribution is 2.34. The molecule has 3 aromatic carbocycles. The molecule has 4 nitrogen and oxygen atoms in total. The van der Waals surface area contributed by atoms with E-state index in [2.05, 4.69) is 73.0 Å². The molecule has 0 spiro atoms. The molecule has 1 fully saturated rings. The summed E-state index contributed by atoms with van der Waals surface area (Å²) in [5, 5.41) is 0. The minimum atomic E-state index is 0.138. The van der Waals surface area contributed by atoms with Crippen LogP contribution in [0.3, 0.4) is 0 Å². The van der Waals surface area contributed by atoms with Gasteiger partial charge in [-0.2, -0.15) is 0 Å². The lowest BCUT2D eigenvalue weighted by atomic mass is 9.88. The lowest BCUT2D eigenvalue weighted by Crippen LogP contribution is -2.39. The normalized spacial score (nSPS) is 18.1. The molecule has 0 aromatic heterocycles. The first-order valence-electron chi connectivity index (χ1n) is 12.7. The van der Waals surface area contributed by atoms with Gasteiger partial charge >= 0.3 is 0 Å². The second-order valence-corrected chi connectivity index (χ2v) is 10.3. The number of benzene rings is 3. The summed E-state index contributed by atoms with van der Waals surface area (Å²) in [5.41, 5.74) is 4.60. The van der Waals surface area contributed by atoms with E-state index in [9.17, 15) is 4.79 Å². The van der Waals surface area contributed by atoms with E-state index in [-0.39, 0.29) is 5.91 Å². The third-order valence-electron chi connectivity index (χ3n) is 6.94. The second-order valence-electron chi connectivity index (χ2n) is 10.3. The van der Waals surface area contributed by atoms with Crippen LogP contribution in [0.4, 0.5) is 0 Å². The molecule has 4 rings (SSSR count). The Morgan fingerprint density at radius 2 is 1.66 bits per heavy atom. The quantitative estimate of drug-likeness (QED) is 0.383. The van der Waals surface area contributed by atoms with Crippen LogP contribution in [0.2, 0.25) is 0 Å². The van der Waals surface area contributed by atoms with Crippen LogP contribution in [0.1, 0.15) is 46.8 Å². The molecule has 2 unspecified atom stereocenters. The number of methoxy groups -OCH3 is 1. The van der Waals surface area contributed by atoms with Crippen molar-refractivity contribution in [2.75, 3.05) is 33.3 Å². The van der Waals surface area contributed by atoms with Crippen LogP contribution in [0, 0.1) is 18.8 Å². The number of aryl methyl sites for hydroxylation is 1. The summed E-state index contributed by atoms with van der Waals surface area (Å²) < 4.78 is 5.32. The third kappa shape index (κ3) is 6.52. The number of rotatable bonds is 9. The van der Waals surface area contributed by atoms with E-state index in [4.69, 9.17) is 4.74 Å². The molecule has 1 amide bonds. The Hall–Kier alpha value is -3.11. The number of carbonyl (C=O) groups excluding carboxylic acids is 1. The Balaban J connectivity index is 1.55. The molecule has 3 aromatic rings. The Morgan fingerprint density at radius 1 is 0.971 bits per heavy atom. The van der Waals surface area contributed by atoms with E-state index < -0.39 is 0 Å². The van der Waals surface area contributed by atoms with Gasteiger partial charge in [0.15, 0.2) is 0 Å². The highest BCUT2D eigenvalue weighted by molar-refractivity contribution is 5.94. The molecule has 1 heterocycles. The zero-order valence-electron chi connectivity index (χ0n) is 21.5. The van der Waals surface area contributed by atoms with Crippen LogP contribution in [-0.4, -0.2) is 49.0 Å². The predicted molar refractivity (Wildman–Crippen MR) is 143 cm³/mol. The molecule has 1 aliphatic heterocycles. The maximum Gasteiger partial charge on any atom is 0.253 e. The maximum absolute atomic E-state index is 13.6. The minimum absolute atomic E-state index is 0.138. The van der Waals surface area contributed by atoms with Crippen molar-refractivity contribution in [2.24, 2.45) is 11.8 Å².